The van der Waals surface area contributed by atoms with Gasteiger partial charge in [0.15, 0.2) is 5.78 Å². The predicted molar refractivity (Wildman–Crippen MR) is 60.9 cm³/mol. The van der Waals surface area contributed by atoms with Crippen molar-refractivity contribution >= 4 is 17.1 Å². The average molecular weight is 211 g/mol. The Morgan fingerprint density at radius 2 is 2.29 bits per heavy atom. The average Bonchev–Trinajstić information content (AvgIpc) is 2.52. The zero-order valence-electron chi connectivity index (χ0n) is 8.75. The number of hydrogen-bond acceptors (Lipinski definition) is 3. The summed E-state index contributed by atoms with van der Waals surface area (Å²) in [6, 6.07) is 3.89. The van der Waals surface area contributed by atoms with Crippen LogP contribution in [0.3, 0.4) is 0 Å². The number of nitrogens with two attached hydrogens (primary N) is 1. The molecule has 0 aliphatic carbocycles. The van der Waals surface area contributed by atoms with Crippen LogP contribution >= 0.6 is 11.3 Å². The Morgan fingerprint density at radius 1 is 1.57 bits per heavy atom. The standard InChI is InChI=1S/C11H17NOS/c1-3-4-9(12)7-10(13)11-6-5-8(2)14-11/h5-6,9H,3-4,7,12H2,1-2H3. The first-order chi connectivity index (χ1) is 6.63. The highest BCUT2D eigenvalue weighted by molar-refractivity contribution is 7.14. The quantitative estimate of drug-likeness (QED) is 0.761. The van der Waals surface area contributed by atoms with Gasteiger partial charge in [0.25, 0.3) is 0 Å². The van der Waals surface area contributed by atoms with Crippen molar-refractivity contribution < 1.29 is 4.79 Å². The summed E-state index contributed by atoms with van der Waals surface area (Å²) in [5.41, 5.74) is 5.81. The number of carbonyl (C=O) groups is 1. The number of carbonyl (C=O) groups excluding carboxylic acids is 1. The van der Waals surface area contributed by atoms with Gasteiger partial charge in [-0.3, -0.25) is 4.79 Å². The predicted octanol–water partition coefficient (Wildman–Crippen LogP) is 2.76. The number of thiophene rings is 1. The maximum Gasteiger partial charge on any atom is 0.174 e. The van der Waals surface area contributed by atoms with Crippen LogP contribution in [0.5, 0.6) is 0 Å². The van der Waals surface area contributed by atoms with E-state index in [-0.39, 0.29) is 11.8 Å². The van der Waals surface area contributed by atoms with Gasteiger partial charge in [-0.25, -0.2) is 0 Å². The molecule has 0 saturated carbocycles. The van der Waals surface area contributed by atoms with E-state index in [1.165, 1.54) is 4.88 Å². The SMILES string of the molecule is CCCC(N)CC(=O)c1ccc(C)s1. The van der Waals surface area contributed by atoms with Crippen molar-refractivity contribution in [2.24, 2.45) is 5.73 Å². The van der Waals surface area contributed by atoms with Gasteiger partial charge in [0.1, 0.15) is 0 Å². The van der Waals surface area contributed by atoms with E-state index >= 15 is 0 Å². The van der Waals surface area contributed by atoms with Crippen LogP contribution in [0.2, 0.25) is 0 Å². The molecule has 0 spiro atoms. The van der Waals surface area contributed by atoms with Crippen LogP contribution in [0.1, 0.15) is 40.7 Å². The molecule has 3 heteroatoms. The van der Waals surface area contributed by atoms with Crippen molar-refractivity contribution in [2.75, 3.05) is 0 Å². The molecular weight excluding hydrogens is 194 g/mol. The number of rotatable bonds is 5. The van der Waals surface area contributed by atoms with Crippen LogP contribution in [0, 0.1) is 6.92 Å². The molecule has 0 aliphatic rings. The first kappa shape index (κ1) is 11.4. The van der Waals surface area contributed by atoms with Crippen molar-refractivity contribution in [1.82, 2.24) is 0 Å². The molecule has 1 aromatic rings. The minimum Gasteiger partial charge on any atom is -0.327 e. The fourth-order valence-corrected chi connectivity index (χ4v) is 2.21. The Bertz CT molecular complexity index is 306. The van der Waals surface area contributed by atoms with Gasteiger partial charge in [-0.15, -0.1) is 11.3 Å². The third-order valence-electron chi connectivity index (χ3n) is 2.12. The molecule has 2 nitrogen and oxygen atoms in total. The maximum absolute atomic E-state index is 11.7. The van der Waals surface area contributed by atoms with E-state index in [1.54, 1.807) is 11.3 Å². The van der Waals surface area contributed by atoms with Crippen LogP contribution in [-0.2, 0) is 0 Å². The molecule has 0 fully saturated rings. The zero-order chi connectivity index (χ0) is 10.6. The van der Waals surface area contributed by atoms with Crippen LogP contribution in [0.4, 0.5) is 0 Å². The highest BCUT2D eigenvalue weighted by atomic mass is 32.1. The molecule has 14 heavy (non-hydrogen) atoms. The Labute approximate surface area is 89.1 Å². The lowest BCUT2D eigenvalue weighted by Gasteiger charge is -2.07. The lowest BCUT2D eigenvalue weighted by atomic mass is 10.1. The minimum atomic E-state index is 0.0231. The molecule has 0 saturated heterocycles. The van der Waals surface area contributed by atoms with Gasteiger partial charge >= 0.3 is 0 Å². The van der Waals surface area contributed by atoms with E-state index in [4.69, 9.17) is 5.73 Å². The Hall–Kier alpha value is -0.670. The summed E-state index contributed by atoms with van der Waals surface area (Å²) in [7, 11) is 0. The number of ketones is 1. The molecule has 0 amide bonds. The fraction of sp³-hybridized carbons (Fsp3) is 0.545. The van der Waals surface area contributed by atoms with Crippen molar-refractivity contribution in [3.05, 3.63) is 21.9 Å². The van der Waals surface area contributed by atoms with Gasteiger partial charge in [0.05, 0.1) is 4.88 Å². The van der Waals surface area contributed by atoms with Crippen molar-refractivity contribution in [2.45, 2.75) is 39.2 Å². The summed E-state index contributed by atoms with van der Waals surface area (Å²) in [6.07, 6.45) is 2.45. The summed E-state index contributed by atoms with van der Waals surface area (Å²) in [5.74, 6) is 0.184. The first-order valence-corrected chi connectivity index (χ1v) is 5.80. The van der Waals surface area contributed by atoms with Crippen LogP contribution in [0.15, 0.2) is 12.1 Å². The second-order valence-electron chi connectivity index (χ2n) is 3.59. The number of aryl methyl sites for hydroxylation is 1. The first-order valence-electron chi connectivity index (χ1n) is 4.98. The van der Waals surface area contributed by atoms with E-state index < -0.39 is 0 Å². The van der Waals surface area contributed by atoms with Crippen molar-refractivity contribution in [3.8, 4) is 0 Å². The summed E-state index contributed by atoms with van der Waals surface area (Å²) >= 11 is 1.55. The molecule has 1 aromatic heterocycles. The minimum absolute atomic E-state index is 0.0231. The fourth-order valence-electron chi connectivity index (χ4n) is 1.40. The second kappa shape index (κ2) is 5.27. The molecular formula is C11H17NOS. The molecule has 0 aliphatic heterocycles. The third kappa shape index (κ3) is 3.24. The Morgan fingerprint density at radius 3 is 2.79 bits per heavy atom. The lowest BCUT2D eigenvalue weighted by Crippen LogP contribution is -2.23. The number of hydrogen-bond donors (Lipinski definition) is 1. The zero-order valence-corrected chi connectivity index (χ0v) is 9.56. The van der Waals surface area contributed by atoms with Crippen LogP contribution < -0.4 is 5.73 Å². The molecule has 0 aromatic carbocycles. The summed E-state index contributed by atoms with van der Waals surface area (Å²) in [5, 5.41) is 0. The third-order valence-corrected chi connectivity index (χ3v) is 3.16. The molecule has 0 radical (unpaired) electrons. The molecule has 1 heterocycles. The van der Waals surface area contributed by atoms with Crippen LogP contribution in [-0.4, -0.2) is 11.8 Å². The van der Waals surface area contributed by atoms with E-state index in [0.717, 1.165) is 17.7 Å². The summed E-state index contributed by atoms with van der Waals surface area (Å²) in [6.45, 7) is 4.09. The van der Waals surface area contributed by atoms with E-state index in [2.05, 4.69) is 6.92 Å². The molecule has 2 N–H and O–H groups in total. The normalized spacial score (nSPS) is 12.8. The Balaban J connectivity index is 2.50. The van der Waals surface area contributed by atoms with Crippen molar-refractivity contribution in [1.29, 1.82) is 0 Å². The van der Waals surface area contributed by atoms with Gasteiger partial charge in [0.2, 0.25) is 0 Å². The number of Topliss-reactive ketones (excluding diaryl/α,β-unsaturated/α-hetero) is 1. The summed E-state index contributed by atoms with van der Waals surface area (Å²) < 4.78 is 0. The van der Waals surface area contributed by atoms with Gasteiger partial charge in [0, 0.05) is 17.3 Å². The lowest BCUT2D eigenvalue weighted by molar-refractivity contribution is 0.0977. The van der Waals surface area contributed by atoms with Crippen molar-refractivity contribution in [3.63, 3.8) is 0 Å². The monoisotopic (exact) mass is 211 g/mol. The van der Waals surface area contributed by atoms with Gasteiger partial charge in [-0.2, -0.15) is 0 Å². The highest BCUT2D eigenvalue weighted by Gasteiger charge is 2.12. The van der Waals surface area contributed by atoms with Gasteiger partial charge < -0.3 is 5.73 Å². The van der Waals surface area contributed by atoms with Gasteiger partial charge in [-0.1, -0.05) is 13.3 Å². The maximum atomic E-state index is 11.7. The summed E-state index contributed by atoms with van der Waals surface area (Å²) in [4.78, 5) is 13.7. The molecule has 0 bridgehead atoms. The Kier molecular flexibility index (Phi) is 4.29. The highest BCUT2D eigenvalue weighted by Crippen LogP contribution is 2.17. The molecule has 78 valence electrons. The largest absolute Gasteiger partial charge is 0.327 e. The van der Waals surface area contributed by atoms with E-state index in [9.17, 15) is 4.79 Å². The van der Waals surface area contributed by atoms with Gasteiger partial charge in [-0.05, 0) is 25.5 Å². The molecule has 1 unspecified atom stereocenters. The van der Waals surface area contributed by atoms with E-state index in [1.807, 2.05) is 19.1 Å². The second-order valence-corrected chi connectivity index (χ2v) is 4.87. The molecule has 1 atom stereocenters. The van der Waals surface area contributed by atoms with Crippen LogP contribution in [0.25, 0.3) is 0 Å². The molecule has 1 rings (SSSR count). The smallest absolute Gasteiger partial charge is 0.174 e. The van der Waals surface area contributed by atoms with E-state index in [0.29, 0.717) is 6.42 Å². The topological polar surface area (TPSA) is 43.1 Å².